The number of aryl methyl sites for hydroxylation is 1. The molecule has 0 fully saturated rings. The number of nitriles is 1. The van der Waals surface area contributed by atoms with Gasteiger partial charge in [-0.2, -0.15) is 5.26 Å². The van der Waals surface area contributed by atoms with Gasteiger partial charge < -0.3 is 5.11 Å². The molecule has 2 aromatic rings. The van der Waals surface area contributed by atoms with E-state index in [1.165, 1.54) is 16.9 Å². The molecule has 0 amide bonds. The van der Waals surface area contributed by atoms with E-state index < -0.39 is 0 Å². The third kappa shape index (κ3) is 3.07. The number of benzene rings is 1. The van der Waals surface area contributed by atoms with E-state index in [0.717, 1.165) is 39.0 Å². The van der Waals surface area contributed by atoms with Crippen molar-refractivity contribution in [1.82, 2.24) is 0 Å². The highest BCUT2D eigenvalue weighted by molar-refractivity contribution is 14.1. The molecule has 1 aromatic heterocycles. The van der Waals surface area contributed by atoms with Gasteiger partial charge in [-0.25, -0.2) is 4.99 Å². The number of halogens is 2. The summed E-state index contributed by atoms with van der Waals surface area (Å²) in [4.78, 5) is 5.85. The van der Waals surface area contributed by atoms with Crippen LogP contribution in [0.2, 0.25) is 0 Å². The van der Waals surface area contributed by atoms with Crippen molar-refractivity contribution in [3.63, 3.8) is 0 Å². The lowest BCUT2D eigenvalue weighted by Gasteiger charge is -2.09. The highest BCUT2D eigenvalue weighted by atomic mass is 127. The molecule has 112 valence electrons. The molecule has 3 nitrogen and oxygen atoms in total. The number of fused-ring (bicyclic) bond motifs is 1. The fourth-order valence-corrected chi connectivity index (χ4v) is 5.23. The lowest BCUT2D eigenvalue weighted by molar-refractivity contribution is 0.468. The third-order valence-electron chi connectivity index (χ3n) is 3.63. The van der Waals surface area contributed by atoms with Gasteiger partial charge in [0.15, 0.2) is 0 Å². The van der Waals surface area contributed by atoms with Crippen molar-refractivity contribution in [2.24, 2.45) is 4.99 Å². The third-order valence-corrected chi connectivity index (χ3v) is 6.26. The number of rotatable bonds is 2. The standard InChI is InChI=1S/C16H12BrIN2OS/c17-12-5-9(6-13(18)15(12)21)8-20-16-11(7-19)10-3-1-2-4-14(10)22-16/h5-6,8,21H,1-4H2. The quantitative estimate of drug-likeness (QED) is 0.461. The number of hydrogen-bond acceptors (Lipinski definition) is 4. The summed E-state index contributed by atoms with van der Waals surface area (Å²) in [6, 6.07) is 6.00. The second-order valence-electron chi connectivity index (χ2n) is 5.09. The molecule has 1 aliphatic carbocycles. The summed E-state index contributed by atoms with van der Waals surface area (Å²) in [5, 5.41) is 20.0. The Morgan fingerprint density at radius 2 is 2.14 bits per heavy atom. The summed E-state index contributed by atoms with van der Waals surface area (Å²) in [6.45, 7) is 0. The minimum atomic E-state index is 0.238. The highest BCUT2D eigenvalue weighted by Crippen LogP contribution is 2.39. The number of aromatic hydroxyl groups is 1. The first kappa shape index (κ1) is 16.0. The first-order valence-corrected chi connectivity index (χ1v) is 9.55. The molecule has 6 heteroatoms. The van der Waals surface area contributed by atoms with Gasteiger partial charge in [-0.15, -0.1) is 11.3 Å². The number of thiophene rings is 1. The summed E-state index contributed by atoms with van der Waals surface area (Å²) in [5.74, 6) is 0.238. The van der Waals surface area contributed by atoms with Gasteiger partial charge in [0.25, 0.3) is 0 Å². The van der Waals surface area contributed by atoms with Crippen LogP contribution >= 0.6 is 49.9 Å². The predicted molar refractivity (Wildman–Crippen MR) is 101 cm³/mol. The first-order valence-electron chi connectivity index (χ1n) is 6.87. The Balaban J connectivity index is 1.97. The van der Waals surface area contributed by atoms with E-state index in [2.05, 4.69) is 49.6 Å². The molecule has 1 aliphatic rings. The molecule has 0 aliphatic heterocycles. The highest BCUT2D eigenvalue weighted by Gasteiger charge is 2.20. The van der Waals surface area contributed by atoms with Crippen molar-refractivity contribution in [2.75, 3.05) is 0 Å². The van der Waals surface area contributed by atoms with Gasteiger partial charge in [0.2, 0.25) is 0 Å². The molecule has 0 saturated carbocycles. The number of hydrogen-bond donors (Lipinski definition) is 1. The van der Waals surface area contributed by atoms with E-state index in [1.54, 1.807) is 17.6 Å². The van der Waals surface area contributed by atoms with Crippen LogP contribution in [0.3, 0.4) is 0 Å². The summed E-state index contributed by atoms with van der Waals surface area (Å²) < 4.78 is 1.41. The van der Waals surface area contributed by atoms with Crippen LogP contribution in [0.25, 0.3) is 0 Å². The van der Waals surface area contributed by atoms with Crippen LogP contribution < -0.4 is 0 Å². The number of aliphatic imine (C=N–C) groups is 1. The molecule has 0 atom stereocenters. The number of phenolic OH excluding ortho intramolecular Hbond substituents is 1. The minimum Gasteiger partial charge on any atom is -0.506 e. The maximum atomic E-state index is 9.77. The zero-order valence-corrected chi connectivity index (χ0v) is 16.1. The maximum absolute atomic E-state index is 9.77. The molecular formula is C16H12BrIN2OS. The Bertz CT molecular complexity index is 784. The lowest BCUT2D eigenvalue weighted by Crippen LogP contribution is -1.99. The van der Waals surface area contributed by atoms with Crippen molar-refractivity contribution in [3.8, 4) is 11.8 Å². The second kappa shape index (κ2) is 6.69. The Kier molecular flexibility index (Phi) is 4.85. The Hall–Kier alpha value is -0.910. The molecule has 1 heterocycles. The van der Waals surface area contributed by atoms with Gasteiger partial charge in [0.05, 0.1) is 13.6 Å². The van der Waals surface area contributed by atoms with Crippen LogP contribution in [0, 0.1) is 14.9 Å². The van der Waals surface area contributed by atoms with Crippen LogP contribution in [-0.4, -0.2) is 11.3 Å². The fraction of sp³-hybridized carbons (Fsp3) is 0.250. The van der Waals surface area contributed by atoms with Crippen molar-refractivity contribution in [1.29, 1.82) is 5.26 Å². The van der Waals surface area contributed by atoms with Crippen molar-refractivity contribution >= 4 is 61.1 Å². The van der Waals surface area contributed by atoms with Crippen LogP contribution in [0.4, 0.5) is 5.00 Å². The van der Waals surface area contributed by atoms with Crippen molar-refractivity contribution in [3.05, 3.63) is 41.7 Å². The largest absolute Gasteiger partial charge is 0.506 e. The van der Waals surface area contributed by atoms with Crippen LogP contribution in [0.15, 0.2) is 21.6 Å². The molecule has 22 heavy (non-hydrogen) atoms. The van der Waals surface area contributed by atoms with E-state index in [0.29, 0.717) is 4.47 Å². The zero-order valence-electron chi connectivity index (χ0n) is 11.6. The monoisotopic (exact) mass is 486 g/mol. The van der Waals surface area contributed by atoms with Crippen molar-refractivity contribution in [2.45, 2.75) is 25.7 Å². The average molecular weight is 487 g/mol. The summed E-state index contributed by atoms with van der Waals surface area (Å²) in [7, 11) is 0. The van der Waals surface area contributed by atoms with Gasteiger partial charge in [0, 0.05) is 11.1 Å². The molecule has 1 aromatic carbocycles. The Morgan fingerprint density at radius 1 is 1.36 bits per heavy atom. The first-order chi connectivity index (χ1) is 10.6. The van der Waals surface area contributed by atoms with Gasteiger partial charge in [-0.05, 0) is 87.5 Å². The molecule has 1 N–H and O–H groups in total. The maximum Gasteiger partial charge on any atom is 0.143 e. The van der Waals surface area contributed by atoms with Gasteiger partial charge >= 0.3 is 0 Å². The number of nitrogens with zero attached hydrogens (tertiary/aromatic N) is 2. The summed E-state index contributed by atoms with van der Waals surface area (Å²) in [5.41, 5.74) is 2.83. The second-order valence-corrected chi connectivity index (χ2v) is 8.19. The van der Waals surface area contributed by atoms with Gasteiger partial charge in [0.1, 0.15) is 16.8 Å². The molecule has 0 spiro atoms. The smallest absolute Gasteiger partial charge is 0.143 e. The average Bonchev–Trinajstić information content (AvgIpc) is 2.87. The topological polar surface area (TPSA) is 56.4 Å². The van der Waals surface area contributed by atoms with Crippen molar-refractivity contribution < 1.29 is 5.11 Å². The van der Waals surface area contributed by atoms with Gasteiger partial charge in [-0.1, -0.05) is 0 Å². The van der Waals surface area contributed by atoms with E-state index in [-0.39, 0.29) is 5.75 Å². The summed E-state index contributed by atoms with van der Waals surface area (Å²) in [6.07, 6.45) is 6.17. The normalized spacial score (nSPS) is 14.0. The fourth-order valence-electron chi connectivity index (χ4n) is 2.55. The SMILES string of the molecule is N#Cc1c(N=Cc2cc(Br)c(O)c(I)c2)sc2c1CCCC2. The molecule has 0 unspecified atom stereocenters. The molecule has 0 radical (unpaired) electrons. The van der Waals surface area contributed by atoms with Gasteiger partial charge in [-0.3, -0.25) is 0 Å². The Morgan fingerprint density at radius 3 is 2.86 bits per heavy atom. The van der Waals surface area contributed by atoms with E-state index in [1.807, 2.05) is 12.1 Å². The predicted octanol–water partition coefficient (Wildman–Crippen LogP) is 5.32. The zero-order chi connectivity index (χ0) is 15.7. The van der Waals surface area contributed by atoms with Crippen LogP contribution in [-0.2, 0) is 12.8 Å². The molecule has 3 rings (SSSR count). The minimum absolute atomic E-state index is 0.238. The summed E-state index contributed by atoms with van der Waals surface area (Å²) >= 11 is 7.05. The van der Waals surface area contributed by atoms with E-state index >= 15 is 0 Å². The van der Waals surface area contributed by atoms with E-state index in [4.69, 9.17) is 0 Å². The van der Waals surface area contributed by atoms with E-state index in [9.17, 15) is 10.4 Å². The van der Waals surface area contributed by atoms with Crippen LogP contribution in [0.1, 0.15) is 34.4 Å². The van der Waals surface area contributed by atoms with Crippen LogP contribution in [0.5, 0.6) is 5.75 Å². The molecular weight excluding hydrogens is 475 g/mol. The lowest BCUT2D eigenvalue weighted by atomic mass is 9.96. The Labute approximate surface area is 155 Å². The number of phenols is 1. The molecule has 0 bridgehead atoms. The molecule has 0 saturated heterocycles.